The van der Waals surface area contributed by atoms with Crippen molar-refractivity contribution in [1.29, 1.82) is 0 Å². The first kappa shape index (κ1) is 14.4. The Labute approximate surface area is 114 Å². The largest absolute Gasteiger partial charge is 0.373 e. The molecule has 1 unspecified atom stereocenters. The fraction of sp³-hybridized carbons (Fsp3) is 0.600. The van der Waals surface area contributed by atoms with Gasteiger partial charge < -0.3 is 4.74 Å². The average Bonchev–Trinajstić information content (AvgIpc) is 2.43. The van der Waals surface area contributed by atoms with Crippen molar-refractivity contribution in [3.63, 3.8) is 0 Å². The molecule has 3 nitrogen and oxygen atoms in total. The monoisotopic (exact) mass is 266 g/mol. The summed E-state index contributed by atoms with van der Waals surface area (Å²) in [5, 5.41) is 0. The lowest BCUT2D eigenvalue weighted by Crippen LogP contribution is -2.49. The number of nitrogens with two attached hydrogens (primary N) is 1. The highest BCUT2D eigenvalue weighted by atomic mass is 19.1. The van der Waals surface area contributed by atoms with Crippen LogP contribution in [0.5, 0.6) is 0 Å². The molecular formula is C15H23FN2O. The fourth-order valence-corrected chi connectivity index (χ4v) is 3.16. The lowest BCUT2D eigenvalue weighted by molar-refractivity contribution is -0.0913. The molecular weight excluding hydrogens is 243 g/mol. The minimum atomic E-state index is -0.264. The minimum absolute atomic E-state index is 0.0895. The first-order valence-corrected chi connectivity index (χ1v) is 7.07. The van der Waals surface area contributed by atoms with Gasteiger partial charge in [-0.3, -0.25) is 11.3 Å². The Morgan fingerprint density at radius 1 is 1.26 bits per heavy atom. The Kier molecular flexibility index (Phi) is 4.91. The van der Waals surface area contributed by atoms with E-state index in [4.69, 9.17) is 10.6 Å². The number of benzene rings is 1. The molecule has 4 heteroatoms. The molecule has 1 aromatic rings. The van der Waals surface area contributed by atoms with Crippen LogP contribution in [0.2, 0.25) is 0 Å². The summed E-state index contributed by atoms with van der Waals surface area (Å²) in [5.41, 5.74) is 3.61. The number of hydrogen-bond acceptors (Lipinski definition) is 3. The van der Waals surface area contributed by atoms with Gasteiger partial charge in [0.25, 0.3) is 0 Å². The van der Waals surface area contributed by atoms with E-state index in [0.29, 0.717) is 6.61 Å². The van der Waals surface area contributed by atoms with E-state index >= 15 is 0 Å². The summed E-state index contributed by atoms with van der Waals surface area (Å²) in [4.78, 5) is 0. The zero-order chi connectivity index (χ0) is 13.7. The van der Waals surface area contributed by atoms with Crippen LogP contribution in [0, 0.1) is 5.82 Å². The summed E-state index contributed by atoms with van der Waals surface area (Å²) in [7, 11) is 0. The van der Waals surface area contributed by atoms with Gasteiger partial charge in [-0.25, -0.2) is 4.39 Å². The first-order chi connectivity index (χ1) is 9.22. The zero-order valence-electron chi connectivity index (χ0n) is 11.5. The van der Waals surface area contributed by atoms with Crippen LogP contribution in [0.4, 0.5) is 4.39 Å². The molecule has 0 saturated heterocycles. The highest BCUT2D eigenvalue weighted by Gasteiger charge is 2.41. The van der Waals surface area contributed by atoms with Crippen LogP contribution < -0.4 is 11.3 Å². The molecule has 1 fully saturated rings. The third-order valence-corrected chi connectivity index (χ3v) is 4.03. The van der Waals surface area contributed by atoms with Gasteiger partial charge in [0.15, 0.2) is 0 Å². The predicted octanol–water partition coefficient (Wildman–Crippen LogP) is 3.07. The van der Waals surface area contributed by atoms with Gasteiger partial charge in [0.2, 0.25) is 0 Å². The molecule has 0 heterocycles. The third-order valence-electron chi connectivity index (χ3n) is 4.03. The fourth-order valence-electron chi connectivity index (χ4n) is 3.16. The summed E-state index contributed by atoms with van der Waals surface area (Å²) in [5.74, 6) is 5.54. The van der Waals surface area contributed by atoms with Gasteiger partial charge in [-0.2, -0.15) is 0 Å². The van der Waals surface area contributed by atoms with E-state index in [-0.39, 0.29) is 17.5 Å². The van der Waals surface area contributed by atoms with Crippen molar-refractivity contribution >= 4 is 0 Å². The topological polar surface area (TPSA) is 47.3 Å². The van der Waals surface area contributed by atoms with E-state index in [0.717, 1.165) is 31.2 Å². The van der Waals surface area contributed by atoms with Crippen molar-refractivity contribution in [3.05, 3.63) is 35.6 Å². The molecule has 1 aliphatic carbocycles. The second-order valence-corrected chi connectivity index (χ2v) is 5.21. The van der Waals surface area contributed by atoms with Crippen molar-refractivity contribution in [2.45, 2.75) is 50.7 Å². The molecule has 1 aromatic carbocycles. The van der Waals surface area contributed by atoms with Crippen molar-refractivity contribution in [3.8, 4) is 0 Å². The summed E-state index contributed by atoms with van der Waals surface area (Å²) in [6.45, 7) is 2.67. The van der Waals surface area contributed by atoms with Crippen LogP contribution in [0.25, 0.3) is 0 Å². The van der Waals surface area contributed by atoms with Crippen molar-refractivity contribution < 1.29 is 9.13 Å². The van der Waals surface area contributed by atoms with Crippen molar-refractivity contribution in [1.82, 2.24) is 5.43 Å². The molecule has 0 radical (unpaired) electrons. The van der Waals surface area contributed by atoms with E-state index < -0.39 is 0 Å². The molecule has 2 rings (SSSR count). The smallest absolute Gasteiger partial charge is 0.123 e. The number of hydrazine groups is 1. The Morgan fingerprint density at radius 2 is 1.89 bits per heavy atom. The Hall–Kier alpha value is -0.970. The molecule has 0 aliphatic heterocycles. The van der Waals surface area contributed by atoms with Gasteiger partial charge >= 0.3 is 0 Å². The molecule has 1 aliphatic rings. The number of ether oxygens (including phenoxy) is 1. The van der Waals surface area contributed by atoms with E-state index in [1.165, 1.54) is 18.6 Å². The van der Waals surface area contributed by atoms with E-state index in [9.17, 15) is 4.39 Å². The molecule has 3 N–H and O–H groups in total. The van der Waals surface area contributed by atoms with Crippen LogP contribution >= 0.6 is 0 Å². The van der Waals surface area contributed by atoms with Crippen molar-refractivity contribution in [2.24, 2.45) is 5.84 Å². The maximum absolute atomic E-state index is 13.1. The first-order valence-electron chi connectivity index (χ1n) is 7.07. The van der Waals surface area contributed by atoms with Gasteiger partial charge in [0, 0.05) is 6.61 Å². The molecule has 1 saturated carbocycles. The second kappa shape index (κ2) is 6.46. The normalized spacial score (nSPS) is 20.2. The maximum atomic E-state index is 13.1. The average molecular weight is 266 g/mol. The third kappa shape index (κ3) is 3.14. The van der Waals surface area contributed by atoms with Gasteiger partial charge in [-0.1, -0.05) is 31.4 Å². The summed E-state index contributed by atoms with van der Waals surface area (Å²) in [6.07, 6.45) is 5.54. The highest BCUT2D eigenvalue weighted by Crippen LogP contribution is 2.41. The summed E-state index contributed by atoms with van der Waals surface area (Å²) in [6, 6.07) is 6.43. The quantitative estimate of drug-likeness (QED) is 0.636. The molecule has 0 spiro atoms. The Morgan fingerprint density at radius 3 is 2.42 bits per heavy atom. The lowest BCUT2D eigenvalue weighted by Gasteiger charge is -2.43. The summed E-state index contributed by atoms with van der Waals surface area (Å²) >= 11 is 0. The van der Waals surface area contributed by atoms with Gasteiger partial charge in [-0.15, -0.1) is 0 Å². The zero-order valence-corrected chi connectivity index (χ0v) is 11.5. The van der Waals surface area contributed by atoms with Crippen LogP contribution in [-0.4, -0.2) is 12.2 Å². The summed E-state index contributed by atoms with van der Waals surface area (Å²) < 4.78 is 19.1. The Balaban J connectivity index is 2.28. The molecule has 106 valence electrons. The van der Waals surface area contributed by atoms with Crippen LogP contribution in [0.3, 0.4) is 0 Å². The van der Waals surface area contributed by atoms with Gasteiger partial charge in [-0.05, 0) is 37.5 Å². The maximum Gasteiger partial charge on any atom is 0.123 e. The van der Waals surface area contributed by atoms with E-state index in [2.05, 4.69) is 5.43 Å². The number of halogens is 1. The van der Waals surface area contributed by atoms with Crippen molar-refractivity contribution in [2.75, 3.05) is 6.61 Å². The highest BCUT2D eigenvalue weighted by molar-refractivity contribution is 5.23. The van der Waals surface area contributed by atoms with E-state index in [1.54, 1.807) is 12.1 Å². The van der Waals surface area contributed by atoms with Crippen LogP contribution in [0.1, 0.15) is 50.6 Å². The molecule has 0 bridgehead atoms. The van der Waals surface area contributed by atoms with Crippen LogP contribution in [0.15, 0.2) is 24.3 Å². The molecule has 19 heavy (non-hydrogen) atoms. The Bertz CT molecular complexity index is 382. The molecule has 0 amide bonds. The minimum Gasteiger partial charge on any atom is -0.373 e. The number of rotatable bonds is 5. The molecule has 1 atom stereocenters. The number of nitrogens with one attached hydrogen (secondary N) is 1. The predicted molar refractivity (Wildman–Crippen MR) is 73.9 cm³/mol. The van der Waals surface area contributed by atoms with Crippen LogP contribution in [-0.2, 0) is 4.74 Å². The lowest BCUT2D eigenvalue weighted by atomic mass is 9.77. The standard InChI is InChI=1S/C15H23FN2O/c1-2-19-15(10-4-3-5-11-15)14(18-17)12-6-8-13(16)9-7-12/h6-9,14,18H,2-5,10-11,17H2,1H3. The SMILES string of the molecule is CCOC1(C(NN)c2ccc(F)cc2)CCCCC1. The molecule has 0 aromatic heterocycles. The number of hydrogen-bond donors (Lipinski definition) is 2. The van der Waals surface area contributed by atoms with E-state index in [1.807, 2.05) is 6.92 Å². The van der Waals surface area contributed by atoms with Gasteiger partial charge in [0.05, 0.1) is 11.6 Å². The second-order valence-electron chi connectivity index (χ2n) is 5.21. The van der Waals surface area contributed by atoms with Gasteiger partial charge in [0.1, 0.15) is 5.82 Å².